The zero-order valence-corrected chi connectivity index (χ0v) is 12.5. The second-order valence-electron chi connectivity index (χ2n) is 5.18. The monoisotopic (exact) mass is 304 g/mol. The first-order chi connectivity index (χ1) is 10.8. The highest BCUT2D eigenvalue weighted by Crippen LogP contribution is 2.41. The van der Waals surface area contributed by atoms with E-state index in [1.54, 1.807) is 0 Å². The highest BCUT2D eigenvalue weighted by Gasteiger charge is 2.17. The Morgan fingerprint density at radius 2 is 1.32 bits per heavy atom. The summed E-state index contributed by atoms with van der Waals surface area (Å²) in [5, 5.41) is 1.75. The van der Waals surface area contributed by atoms with Gasteiger partial charge in [-0.1, -0.05) is 72.3 Å². The van der Waals surface area contributed by atoms with Gasteiger partial charge < -0.3 is 4.42 Å². The Labute approximate surface area is 133 Å². The van der Waals surface area contributed by atoms with Crippen molar-refractivity contribution in [3.8, 4) is 22.5 Å². The quantitative estimate of drug-likeness (QED) is 0.416. The van der Waals surface area contributed by atoms with Gasteiger partial charge >= 0.3 is 0 Å². The largest absolute Gasteiger partial charge is 0.455 e. The van der Waals surface area contributed by atoms with Gasteiger partial charge in [0.25, 0.3) is 0 Å². The maximum Gasteiger partial charge on any atom is 0.143 e. The van der Waals surface area contributed by atoms with Crippen molar-refractivity contribution in [1.29, 1.82) is 0 Å². The molecule has 0 fully saturated rings. The number of furan rings is 1. The molecule has 4 rings (SSSR count). The van der Waals surface area contributed by atoms with Crippen molar-refractivity contribution in [2.24, 2.45) is 0 Å². The number of fused-ring (bicyclic) bond motifs is 1. The molecule has 0 aliphatic carbocycles. The first-order valence-corrected chi connectivity index (χ1v) is 7.53. The molecule has 0 atom stereocenters. The van der Waals surface area contributed by atoms with E-state index < -0.39 is 0 Å². The molecule has 1 aromatic heterocycles. The third kappa shape index (κ3) is 2.20. The first kappa shape index (κ1) is 13.2. The van der Waals surface area contributed by atoms with Gasteiger partial charge in [-0.2, -0.15) is 0 Å². The fraction of sp³-hybridized carbons (Fsp3) is 0. The van der Waals surface area contributed by atoms with Gasteiger partial charge in [0.15, 0.2) is 0 Å². The molecule has 0 aliphatic heterocycles. The van der Waals surface area contributed by atoms with Crippen molar-refractivity contribution >= 4 is 22.6 Å². The molecule has 106 valence electrons. The molecule has 1 heterocycles. The van der Waals surface area contributed by atoms with Crippen molar-refractivity contribution in [1.82, 2.24) is 0 Å². The van der Waals surface area contributed by atoms with Crippen LogP contribution in [0.15, 0.2) is 83.3 Å². The van der Waals surface area contributed by atoms with Crippen LogP contribution in [0.2, 0.25) is 5.02 Å². The maximum absolute atomic E-state index is 6.19. The van der Waals surface area contributed by atoms with Crippen molar-refractivity contribution in [3.63, 3.8) is 0 Å². The van der Waals surface area contributed by atoms with E-state index in [2.05, 4.69) is 24.3 Å². The normalized spacial score (nSPS) is 11.0. The second kappa shape index (κ2) is 5.36. The van der Waals surface area contributed by atoms with Gasteiger partial charge in [0, 0.05) is 21.5 Å². The third-order valence-corrected chi connectivity index (χ3v) is 3.98. The average Bonchev–Trinajstić information content (AvgIpc) is 2.95. The molecule has 1 nitrogen and oxygen atoms in total. The maximum atomic E-state index is 6.19. The zero-order valence-electron chi connectivity index (χ0n) is 11.8. The number of hydrogen-bond acceptors (Lipinski definition) is 1. The molecule has 0 unspecified atom stereocenters. The third-order valence-electron chi connectivity index (χ3n) is 3.75. The van der Waals surface area contributed by atoms with E-state index in [9.17, 15) is 0 Å². The number of hydrogen-bond donors (Lipinski definition) is 0. The highest BCUT2D eigenvalue weighted by atomic mass is 35.5. The first-order valence-electron chi connectivity index (χ1n) is 7.16. The van der Waals surface area contributed by atoms with Crippen LogP contribution in [0.1, 0.15) is 0 Å². The summed E-state index contributed by atoms with van der Waals surface area (Å²) in [6.45, 7) is 0. The van der Waals surface area contributed by atoms with E-state index in [0.717, 1.165) is 33.4 Å². The van der Waals surface area contributed by atoms with Gasteiger partial charge in [0.1, 0.15) is 11.3 Å². The van der Waals surface area contributed by atoms with E-state index in [1.165, 1.54) is 0 Å². The summed E-state index contributed by atoms with van der Waals surface area (Å²) in [4.78, 5) is 0. The molecular weight excluding hydrogens is 292 g/mol. The van der Waals surface area contributed by atoms with Gasteiger partial charge in [0.2, 0.25) is 0 Å². The van der Waals surface area contributed by atoms with Crippen LogP contribution >= 0.6 is 11.6 Å². The molecule has 0 N–H and O–H groups in total. The lowest BCUT2D eigenvalue weighted by Crippen LogP contribution is -1.80. The zero-order chi connectivity index (χ0) is 14.9. The summed E-state index contributed by atoms with van der Waals surface area (Å²) in [7, 11) is 0. The molecule has 2 heteroatoms. The Hall–Kier alpha value is -2.51. The van der Waals surface area contributed by atoms with E-state index in [1.807, 2.05) is 54.6 Å². The fourth-order valence-corrected chi connectivity index (χ4v) is 2.93. The topological polar surface area (TPSA) is 13.1 Å². The molecule has 0 aliphatic rings. The van der Waals surface area contributed by atoms with Crippen LogP contribution in [0.3, 0.4) is 0 Å². The van der Waals surface area contributed by atoms with Crippen LogP contribution in [-0.4, -0.2) is 0 Å². The minimum atomic E-state index is 0.713. The Morgan fingerprint density at radius 3 is 2.00 bits per heavy atom. The highest BCUT2D eigenvalue weighted by molar-refractivity contribution is 6.31. The van der Waals surface area contributed by atoms with Crippen LogP contribution < -0.4 is 0 Å². The van der Waals surface area contributed by atoms with Crippen molar-refractivity contribution in [2.45, 2.75) is 0 Å². The molecule has 3 aromatic carbocycles. The minimum absolute atomic E-state index is 0.713. The lowest BCUT2D eigenvalue weighted by Gasteiger charge is -2.03. The van der Waals surface area contributed by atoms with Gasteiger partial charge in [-0.25, -0.2) is 0 Å². The van der Waals surface area contributed by atoms with E-state index in [0.29, 0.717) is 5.02 Å². The van der Waals surface area contributed by atoms with Crippen LogP contribution in [-0.2, 0) is 0 Å². The summed E-state index contributed by atoms with van der Waals surface area (Å²) < 4.78 is 6.14. The minimum Gasteiger partial charge on any atom is -0.455 e. The second-order valence-corrected chi connectivity index (χ2v) is 5.62. The Balaban J connectivity index is 2.08. The fourth-order valence-electron chi connectivity index (χ4n) is 2.75. The SMILES string of the molecule is Clc1ccc2oc(-c3ccccc3)c(-c3ccccc3)c2c1. The Bertz CT molecular complexity index is 924. The molecule has 0 radical (unpaired) electrons. The molecule has 22 heavy (non-hydrogen) atoms. The van der Waals surface area contributed by atoms with Crippen LogP contribution in [0.5, 0.6) is 0 Å². The van der Waals surface area contributed by atoms with Crippen molar-refractivity contribution < 1.29 is 4.42 Å². The lowest BCUT2D eigenvalue weighted by molar-refractivity contribution is 0.632. The van der Waals surface area contributed by atoms with Gasteiger partial charge in [-0.15, -0.1) is 0 Å². The molecule has 4 aromatic rings. The average molecular weight is 305 g/mol. The standard InChI is InChI=1S/C20H13ClO/c21-16-11-12-18-17(13-16)19(14-7-3-1-4-8-14)20(22-18)15-9-5-2-6-10-15/h1-13H. The van der Waals surface area contributed by atoms with Crippen LogP contribution in [0.4, 0.5) is 0 Å². The molecule has 0 saturated heterocycles. The summed E-state index contributed by atoms with van der Waals surface area (Å²) in [6, 6.07) is 26.2. The van der Waals surface area contributed by atoms with Gasteiger partial charge in [0.05, 0.1) is 0 Å². The summed E-state index contributed by atoms with van der Waals surface area (Å²) in [5.74, 6) is 0.879. The number of rotatable bonds is 2. The Morgan fingerprint density at radius 1 is 0.682 bits per heavy atom. The van der Waals surface area contributed by atoms with E-state index >= 15 is 0 Å². The van der Waals surface area contributed by atoms with E-state index in [4.69, 9.17) is 16.0 Å². The molecule has 0 amide bonds. The molecule has 0 spiro atoms. The van der Waals surface area contributed by atoms with Gasteiger partial charge in [-0.3, -0.25) is 0 Å². The van der Waals surface area contributed by atoms with Crippen molar-refractivity contribution in [3.05, 3.63) is 83.9 Å². The van der Waals surface area contributed by atoms with E-state index in [-0.39, 0.29) is 0 Å². The number of benzene rings is 3. The molecule has 0 saturated carbocycles. The summed E-state index contributed by atoms with van der Waals surface area (Å²) in [5.41, 5.74) is 4.13. The van der Waals surface area contributed by atoms with Crippen LogP contribution in [0, 0.1) is 0 Å². The smallest absolute Gasteiger partial charge is 0.143 e. The Kier molecular flexibility index (Phi) is 3.21. The van der Waals surface area contributed by atoms with Crippen molar-refractivity contribution in [2.75, 3.05) is 0 Å². The molecule has 0 bridgehead atoms. The van der Waals surface area contributed by atoms with Gasteiger partial charge in [-0.05, 0) is 23.8 Å². The lowest BCUT2D eigenvalue weighted by atomic mass is 9.99. The predicted molar refractivity (Wildman–Crippen MR) is 92.1 cm³/mol. The summed E-state index contributed by atoms with van der Waals surface area (Å²) >= 11 is 6.19. The van der Waals surface area contributed by atoms with Crippen LogP contribution in [0.25, 0.3) is 33.4 Å². The summed E-state index contributed by atoms with van der Waals surface area (Å²) in [6.07, 6.45) is 0. The predicted octanol–water partition coefficient (Wildman–Crippen LogP) is 6.42. The number of halogens is 1. The molecular formula is C20H13ClO.